The summed E-state index contributed by atoms with van der Waals surface area (Å²) in [6.07, 6.45) is 6.78. The maximum Gasteiger partial charge on any atom is 0.274 e. The first-order valence-electron chi connectivity index (χ1n) is 9.58. The second-order valence-corrected chi connectivity index (χ2v) is 6.61. The Kier molecular flexibility index (Phi) is 7.54. The van der Waals surface area contributed by atoms with E-state index in [-0.39, 0.29) is 42.8 Å². The molecule has 0 aliphatic heterocycles. The fraction of sp³-hybridized carbons (Fsp3) is 0.227. The minimum atomic E-state index is -0.349. The Bertz CT molecular complexity index is 952. The van der Waals surface area contributed by atoms with E-state index >= 15 is 0 Å². The lowest BCUT2D eigenvalue weighted by atomic mass is 10.2. The Morgan fingerprint density at radius 3 is 2.53 bits per heavy atom. The van der Waals surface area contributed by atoms with E-state index in [0.717, 1.165) is 11.3 Å². The highest BCUT2D eigenvalue weighted by Crippen LogP contribution is 2.10. The van der Waals surface area contributed by atoms with Crippen molar-refractivity contribution >= 4 is 11.8 Å². The fourth-order valence-electron chi connectivity index (χ4n) is 2.84. The normalized spacial score (nSPS) is 10.4. The number of amides is 2. The van der Waals surface area contributed by atoms with E-state index < -0.39 is 0 Å². The van der Waals surface area contributed by atoms with Crippen LogP contribution < -0.4 is 5.32 Å². The monoisotopic (exact) mass is 407 g/mol. The van der Waals surface area contributed by atoms with Gasteiger partial charge in [-0.25, -0.2) is 9.37 Å². The zero-order valence-corrected chi connectivity index (χ0v) is 16.4. The summed E-state index contributed by atoms with van der Waals surface area (Å²) < 4.78 is 13.2. The van der Waals surface area contributed by atoms with Crippen molar-refractivity contribution in [2.24, 2.45) is 0 Å². The zero-order valence-electron chi connectivity index (χ0n) is 16.4. The second-order valence-electron chi connectivity index (χ2n) is 6.61. The van der Waals surface area contributed by atoms with Crippen molar-refractivity contribution in [1.82, 2.24) is 25.2 Å². The molecule has 2 amide bonds. The molecule has 0 unspecified atom stereocenters. The van der Waals surface area contributed by atoms with Gasteiger partial charge in [-0.05, 0) is 29.8 Å². The van der Waals surface area contributed by atoms with Crippen LogP contribution in [0.3, 0.4) is 0 Å². The molecule has 154 valence electrons. The lowest BCUT2D eigenvalue weighted by Gasteiger charge is -2.22. The fourth-order valence-corrected chi connectivity index (χ4v) is 2.84. The van der Waals surface area contributed by atoms with Crippen LogP contribution in [0.15, 0.2) is 67.3 Å². The van der Waals surface area contributed by atoms with Crippen molar-refractivity contribution in [2.45, 2.75) is 19.4 Å². The first-order chi connectivity index (χ1) is 14.6. The summed E-state index contributed by atoms with van der Waals surface area (Å²) in [5, 5.41) is 2.84. The average Bonchev–Trinajstić information content (AvgIpc) is 2.79. The van der Waals surface area contributed by atoms with Crippen LogP contribution in [0, 0.1) is 5.82 Å². The molecular weight excluding hydrogens is 385 g/mol. The molecule has 1 aromatic carbocycles. The Balaban J connectivity index is 1.58. The maximum atomic E-state index is 13.2. The van der Waals surface area contributed by atoms with Gasteiger partial charge in [-0.15, -0.1) is 0 Å². The highest BCUT2D eigenvalue weighted by molar-refractivity contribution is 5.92. The van der Waals surface area contributed by atoms with Crippen LogP contribution in [0.5, 0.6) is 0 Å². The third-order valence-corrected chi connectivity index (χ3v) is 4.39. The summed E-state index contributed by atoms with van der Waals surface area (Å²) in [5.41, 5.74) is 1.84. The van der Waals surface area contributed by atoms with Gasteiger partial charge in [0.05, 0.1) is 6.20 Å². The third kappa shape index (κ3) is 6.44. The van der Waals surface area contributed by atoms with E-state index in [1.54, 1.807) is 18.3 Å². The molecule has 2 heterocycles. The lowest BCUT2D eigenvalue weighted by Crippen LogP contribution is -2.35. The SMILES string of the molecule is O=C(CCN(Cc1ccc(F)cc1)C(=O)c1cnccn1)NCCc1ccccn1. The highest BCUT2D eigenvalue weighted by Gasteiger charge is 2.19. The van der Waals surface area contributed by atoms with E-state index in [1.165, 1.54) is 35.6 Å². The molecule has 0 radical (unpaired) electrons. The summed E-state index contributed by atoms with van der Waals surface area (Å²) in [7, 11) is 0. The van der Waals surface area contributed by atoms with Crippen LogP contribution in [-0.4, -0.2) is 44.8 Å². The minimum Gasteiger partial charge on any atom is -0.356 e. The molecule has 1 N–H and O–H groups in total. The predicted octanol–water partition coefficient (Wildman–Crippen LogP) is 2.40. The molecule has 2 aromatic heterocycles. The predicted molar refractivity (Wildman–Crippen MR) is 109 cm³/mol. The van der Waals surface area contributed by atoms with Crippen LogP contribution in [0.4, 0.5) is 4.39 Å². The van der Waals surface area contributed by atoms with E-state index in [0.29, 0.717) is 13.0 Å². The van der Waals surface area contributed by atoms with Crippen LogP contribution in [0.2, 0.25) is 0 Å². The second kappa shape index (κ2) is 10.8. The largest absolute Gasteiger partial charge is 0.356 e. The number of nitrogens with one attached hydrogen (secondary N) is 1. The number of halogens is 1. The summed E-state index contributed by atoms with van der Waals surface area (Å²) in [5.74, 6) is -0.853. The van der Waals surface area contributed by atoms with Crippen molar-refractivity contribution in [1.29, 1.82) is 0 Å². The molecule has 30 heavy (non-hydrogen) atoms. The van der Waals surface area contributed by atoms with Crippen LogP contribution in [0.1, 0.15) is 28.2 Å². The Morgan fingerprint density at radius 2 is 1.83 bits per heavy atom. The van der Waals surface area contributed by atoms with Crippen LogP contribution in [0.25, 0.3) is 0 Å². The first-order valence-corrected chi connectivity index (χ1v) is 9.58. The number of hydrogen-bond donors (Lipinski definition) is 1. The van der Waals surface area contributed by atoms with Gasteiger partial charge in [0.2, 0.25) is 5.91 Å². The minimum absolute atomic E-state index is 0.134. The molecule has 0 fully saturated rings. The molecule has 0 spiro atoms. The Morgan fingerprint density at radius 1 is 1.00 bits per heavy atom. The summed E-state index contributed by atoms with van der Waals surface area (Å²) in [6, 6.07) is 11.5. The summed E-state index contributed by atoms with van der Waals surface area (Å²) >= 11 is 0. The van der Waals surface area contributed by atoms with Gasteiger partial charge in [-0.3, -0.25) is 19.6 Å². The number of nitrogens with zero attached hydrogens (tertiary/aromatic N) is 4. The van der Waals surface area contributed by atoms with E-state index in [4.69, 9.17) is 0 Å². The number of rotatable bonds is 9. The van der Waals surface area contributed by atoms with E-state index in [2.05, 4.69) is 20.3 Å². The van der Waals surface area contributed by atoms with Gasteiger partial charge in [0.15, 0.2) is 0 Å². The first kappa shape index (κ1) is 21.0. The van der Waals surface area contributed by atoms with E-state index in [9.17, 15) is 14.0 Å². The molecule has 3 aromatic rings. The van der Waals surface area contributed by atoms with Crippen molar-refractivity contribution in [2.75, 3.05) is 13.1 Å². The topological polar surface area (TPSA) is 88.1 Å². The third-order valence-electron chi connectivity index (χ3n) is 4.39. The van der Waals surface area contributed by atoms with Gasteiger partial charge >= 0.3 is 0 Å². The van der Waals surface area contributed by atoms with Crippen molar-refractivity contribution in [3.8, 4) is 0 Å². The number of pyridine rings is 1. The molecule has 0 saturated heterocycles. The molecule has 7 nitrogen and oxygen atoms in total. The number of carbonyl (C=O) groups is 2. The molecule has 0 bridgehead atoms. The van der Waals surface area contributed by atoms with Crippen molar-refractivity contribution < 1.29 is 14.0 Å². The standard InChI is InChI=1S/C22H22FN5O2/c23-18-6-4-17(5-7-18)16-28(22(30)20-15-24-12-13-26-20)14-9-21(29)27-11-8-19-3-1-2-10-25-19/h1-7,10,12-13,15H,8-9,11,14,16H2,(H,27,29). The summed E-state index contributed by atoms with van der Waals surface area (Å²) in [4.78, 5) is 38.8. The molecule has 3 rings (SSSR count). The van der Waals surface area contributed by atoms with Gasteiger partial charge in [0, 0.05) is 56.8 Å². The van der Waals surface area contributed by atoms with Crippen molar-refractivity contribution in [3.05, 3.63) is 90.0 Å². The Hall–Kier alpha value is -3.68. The smallest absolute Gasteiger partial charge is 0.274 e. The quantitative estimate of drug-likeness (QED) is 0.589. The molecular formula is C22H22FN5O2. The molecule has 0 atom stereocenters. The average molecular weight is 407 g/mol. The number of benzene rings is 1. The molecule has 0 saturated carbocycles. The van der Waals surface area contributed by atoms with Crippen molar-refractivity contribution in [3.63, 3.8) is 0 Å². The van der Waals surface area contributed by atoms with Gasteiger partial charge in [0.1, 0.15) is 11.5 Å². The van der Waals surface area contributed by atoms with Crippen LogP contribution >= 0.6 is 0 Å². The number of aromatic nitrogens is 3. The zero-order chi connectivity index (χ0) is 21.2. The lowest BCUT2D eigenvalue weighted by molar-refractivity contribution is -0.121. The summed E-state index contributed by atoms with van der Waals surface area (Å²) in [6.45, 7) is 0.894. The van der Waals surface area contributed by atoms with E-state index in [1.807, 2.05) is 18.2 Å². The van der Waals surface area contributed by atoms with Gasteiger partial charge in [0.25, 0.3) is 5.91 Å². The van der Waals surface area contributed by atoms with Gasteiger partial charge in [-0.1, -0.05) is 18.2 Å². The number of hydrogen-bond acceptors (Lipinski definition) is 5. The molecule has 0 aliphatic carbocycles. The highest BCUT2D eigenvalue weighted by atomic mass is 19.1. The van der Waals surface area contributed by atoms with Gasteiger partial charge < -0.3 is 10.2 Å². The number of carbonyl (C=O) groups excluding carboxylic acids is 2. The Labute approximate surface area is 174 Å². The molecule has 0 aliphatic rings. The molecule has 8 heteroatoms. The maximum absolute atomic E-state index is 13.2. The van der Waals surface area contributed by atoms with Gasteiger partial charge in [-0.2, -0.15) is 0 Å². The van der Waals surface area contributed by atoms with Crippen LogP contribution in [-0.2, 0) is 17.8 Å².